The molecule has 2 N–H and O–H groups in total. The first kappa shape index (κ1) is 15.4. The number of aryl methyl sites for hydroxylation is 1. The Morgan fingerprint density at radius 2 is 2.00 bits per heavy atom. The van der Waals surface area contributed by atoms with Gasteiger partial charge in [-0.2, -0.15) is 0 Å². The van der Waals surface area contributed by atoms with Gasteiger partial charge in [-0.15, -0.1) is 0 Å². The molecule has 0 bridgehead atoms. The molecule has 2 atom stereocenters. The third-order valence-corrected chi connectivity index (χ3v) is 3.50. The summed E-state index contributed by atoms with van der Waals surface area (Å²) < 4.78 is 25.8. The van der Waals surface area contributed by atoms with Crippen molar-refractivity contribution in [3.05, 3.63) is 35.4 Å². The third-order valence-electron chi connectivity index (χ3n) is 3.50. The lowest BCUT2D eigenvalue weighted by Gasteiger charge is -2.21. The van der Waals surface area contributed by atoms with E-state index in [0.717, 1.165) is 17.0 Å². The van der Waals surface area contributed by atoms with E-state index in [1.807, 2.05) is 0 Å². The molecule has 0 aromatic heterocycles. The van der Waals surface area contributed by atoms with Gasteiger partial charge in [-0.05, 0) is 24.1 Å². The van der Waals surface area contributed by atoms with Gasteiger partial charge in [0, 0.05) is 19.4 Å². The van der Waals surface area contributed by atoms with Crippen molar-refractivity contribution in [2.45, 2.75) is 31.4 Å². The summed E-state index contributed by atoms with van der Waals surface area (Å²) in [6, 6.07) is 2.34. The van der Waals surface area contributed by atoms with Crippen molar-refractivity contribution in [1.29, 1.82) is 0 Å². The van der Waals surface area contributed by atoms with E-state index in [2.05, 4.69) is 0 Å². The van der Waals surface area contributed by atoms with Gasteiger partial charge in [0.1, 0.15) is 6.04 Å². The summed E-state index contributed by atoms with van der Waals surface area (Å²) in [5.74, 6) is -3.53. The molecule has 0 aliphatic carbocycles. The zero-order valence-corrected chi connectivity index (χ0v) is 11.1. The molecule has 1 aliphatic rings. The predicted molar refractivity (Wildman–Crippen MR) is 68.4 cm³/mol. The number of carbonyl (C=O) groups excluding carboxylic acids is 1. The lowest BCUT2D eigenvalue weighted by atomic mass is 10.1. The Kier molecular flexibility index (Phi) is 4.52. The monoisotopic (exact) mass is 299 g/mol. The molecule has 1 heterocycles. The van der Waals surface area contributed by atoms with E-state index in [1.165, 1.54) is 6.07 Å². The highest BCUT2D eigenvalue weighted by Gasteiger charge is 2.38. The van der Waals surface area contributed by atoms with Crippen LogP contribution in [0.25, 0.3) is 0 Å². The lowest BCUT2D eigenvalue weighted by Crippen LogP contribution is -2.40. The second kappa shape index (κ2) is 6.17. The second-order valence-corrected chi connectivity index (χ2v) is 5.04. The molecule has 1 aromatic rings. The number of aliphatic carboxylic acids is 1. The molecule has 2 rings (SSSR count). The molecule has 0 radical (unpaired) electrons. The number of nitrogens with zero attached hydrogens (tertiary/aromatic N) is 1. The van der Waals surface area contributed by atoms with Gasteiger partial charge in [0.25, 0.3) is 0 Å². The second-order valence-electron chi connectivity index (χ2n) is 5.04. The zero-order chi connectivity index (χ0) is 15.6. The normalized spacial score (nSPS) is 21.6. The average molecular weight is 299 g/mol. The van der Waals surface area contributed by atoms with Crippen LogP contribution in [-0.2, 0) is 16.0 Å². The Labute approximate surface area is 119 Å². The summed E-state index contributed by atoms with van der Waals surface area (Å²) in [5, 5.41) is 18.5. The standard InChI is InChI=1S/C14H15F2NO4/c15-10-3-1-8(5-11(10)16)2-4-13(19)17-7-9(18)6-12(17)14(20)21/h1,3,5,9,12,18H,2,4,6-7H2,(H,20,21)/t9?,12-/m0/s1. The van der Waals surface area contributed by atoms with Crippen LogP contribution in [0.4, 0.5) is 8.78 Å². The van der Waals surface area contributed by atoms with Crippen LogP contribution in [0.1, 0.15) is 18.4 Å². The van der Waals surface area contributed by atoms with Gasteiger partial charge in [0.05, 0.1) is 6.10 Å². The van der Waals surface area contributed by atoms with Crippen LogP contribution >= 0.6 is 0 Å². The van der Waals surface area contributed by atoms with Crippen LogP contribution in [0.5, 0.6) is 0 Å². The fraction of sp³-hybridized carbons (Fsp3) is 0.429. The Balaban J connectivity index is 1.97. The lowest BCUT2D eigenvalue weighted by molar-refractivity contribution is -0.148. The number of hydrogen-bond donors (Lipinski definition) is 2. The van der Waals surface area contributed by atoms with E-state index >= 15 is 0 Å². The van der Waals surface area contributed by atoms with Crippen molar-refractivity contribution in [3.63, 3.8) is 0 Å². The minimum Gasteiger partial charge on any atom is -0.480 e. The summed E-state index contributed by atoms with van der Waals surface area (Å²) in [6.45, 7) is -0.0203. The molecule has 1 amide bonds. The van der Waals surface area contributed by atoms with E-state index in [-0.39, 0.29) is 25.8 Å². The molecule has 114 valence electrons. The topological polar surface area (TPSA) is 77.8 Å². The number of amides is 1. The van der Waals surface area contributed by atoms with Crippen molar-refractivity contribution < 1.29 is 28.6 Å². The molecular weight excluding hydrogens is 284 g/mol. The van der Waals surface area contributed by atoms with Crippen molar-refractivity contribution in [2.75, 3.05) is 6.54 Å². The van der Waals surface area contributed by atoms with Crippen molar-refractivity contribution in [3.8, 4) is 0 Å². The Morgan fingerprint density at radius 3 is 2.62 bits per heavy atom. The molecular formula is C14H15F2NO4. The zero-order valence-electron chi connectivity index (χ0n) is 11.1. The van der Waals surface area contributed by atoms with Gasteiger partial charge < -0.3 is 15.1 Å². The Hall–Kier alpha value is -2.02. The van der Waals surface area contributed by atoms with Crippen molar-refractivity contribution in [1.82, 2.24) is 4.90 Å². The van der Waals surface area contributed by atoms with E-state index in [9.17, 15) is 23.5 Å². The van der Waals surface area contributed by atoms with Crippen molar-refractivity contribution in [2.24, 2.45) is 0 Å². The minimum absolute atomic E-state index is 0.00620. The molecule has 5 nitrogen and oxygen atoms in total. The third kappa shape index (κ3) is 3.55. The summed E-state index contributed by atoms with van der Waals surface area (Å²) in [7, 11) is 0. The van der Waals surface area contributed by atoms with Gasteiger partial charge >= 0.3 is 5.97 Å². The molecule has 1 fully saturated rings. The number of halogens is 2. The quantitative estimate of drug-likeness (QED) is 0.867. The number of rotatable bonds is 4. The smallest absolute Gasteiger partial charge is 0.326 e. The minimum atomic E-state index is -1.16. The molecule has 7 heteroatoms. The van der Waals surface area contributed by atoms with Gasteiger partial charge in [-0.1, -0.05) is 6.07 Å². The fourth-order valence-electron chi connectivity index (χ4n) is 2.41. The van der Waals surface area contributed by atoms with Crippen LogP contribution in [0, 0.1) is 11.6 Å². The highest BCUT2D eigenvalue weighted by molar-refractivity contribution is 5.84. The van der Waals surface area contributed by atoms with Gasteiger partial charge in [0.15, 0.2) is 11.6 Å². The predicted octanol–water partition coefficient (Wildman–Crippen LogP) is 0.944. The number of carboxylic acid groups (broad SMARTS) is 1. The number of benzene rings is 1. The van der Waals surface area contributed by atoms with Crippen LogP contribution in [0.15, 0.2) is 18.2 Å². The first-order valence-electron chi connectivity index (χ1n) is 6.52. The van der Waals surface area contributed by atoms with Gasteiger partial charge in [0.2, 0.25) is 5.91 Å². The molecule has 1 saturated heterocycles. The molecule has 1 aliphatic heterocycles. The summed E-state index contributed by atoms with van der Waals surface area (Å²) in [4.78, 5) is 24.2. The van der Waals surface area contributed by atoms with E-state index in [1.54, 1.807) is 0 Å². The molecule has 0 saturated carbocycles. The van der Waals surface area contributed by atoms with E-state index < -0.39 is 35.7 Å². The fourth-order valence-corrected chi connectivity index (χ4v) is 2.41. The Bertz CT molecular complexity index is 564. The SMILES string of the molecule is O=C(O)[C@@H]1CC(O)CN1C(=O)CCc1ccc(F)c(F)c1. The van der Waals surface area contributed by atoms with E-state index in [0.29, 0.717) is 5.56 Å². The van der Waals surface area contributed by atoms with Crippen molar-refractivity contribution >= 4 is 11.9 Å². The van der Waals surface area contributed by atoms with Crippen LogP contribution in [0.3, 0.4) is 0 Å². The number of aliphatic hydroxyl groups excluding tert-OH is 1. The maximum atomic E-state index is 13.0. The summed E-state index contributed by atoms with van der Waals surface area (Å²) >= 11 is 0. The largest absolute Gasteiger partial charge is 0.480 e. The number of β-amino-alcohol motifs (C(OH)–C–C–N with tert-alkyl or cyclic N) is 1. The number of carbonyl (C=O) groups is 2. The van der Waals surface area contributed by atoms with E-state index in [4.69, 9.17) is 5.11 Å². The Morgan fingerprint density at radius 1 is 1.29 bits per heavy atom. The van der Waals surface area contributed by atoms with Crippen LogP contribution in [-0.4, -0.2) is 45.7 Å². The number of aliphatic hydroxyl groups is 1. The maximum absolute atomic E-state index is 13.0. The molecule has 21 heavy (non-hydrogen) atoms. The van der Waals surface area contributed by atoms with Gasteiger partial charge in [-0.25, -0.2) is 13.6 Å². The number of carboxylic acids is 1. The molecule has 1 aromatic carbocycles. The highest BCUT2D eigenvalue weighted by atomic mass is 19.2. The first-order valence-corrected chi connectivity index (χ1v) is 6.52. The highest BCUT2D eigenvalue weighted by Crippen LogP contribution is 2.20. The maximum Gasteiger partial charge on any atom is 0.326 e. The average Bonchev–Trinajstić information content (AvgIpc) is 2.82. The molecule has 0 spiro atoms. The summed E-state index contributed by atoms with van der Waals surface area (Å²) in [6.07, 6.45) is -0.693. The first-order chi connectivity index (χ1) is 9.88. The number of hydrogen-bond acceptors (Lipinski definition) is 3. The molecule has 1 unspecified atom stereocenters. The number of likely N-dealkylation sites (tertiary alicyclic amines) is 1. The summed E-state index contributed by atoms with van der Waals surface area (Å²) in [5.41, 5.74) is 0.453. The van der Waals surface area contributed by atoms with Crippen LogP contribution < -0.4 is 0 Å². The van der Waals surface area contributed by atoms with Gasteiger partial charge in [-0.3, -0.25) is 4.79 Å². The van der Waals surface area contributed by atoms with Crippen LogP contribution in [0.2, 0.25) is 0 Å².